The molecule has 0 atom stereocenters. The lowest BCUT2D eigenvalue weighted by molar-refractivity contribution is -0.385. The van der Waals surface area contributed by atoms with Crippen LogP contribution in [0, 0.1) is 17.0 Å². The topological polar surface area (TPSA) is 73.0 Å². The Hall–Kier alpha value is -2.21. The van der Waals surface area contributed by atoms with Gasteiger partial charge in [0, 0.05) is 24.8 Å². The van der Waals surface area contributed by atoms with Crippen molar-refractivity contribution in [3.8, 4) is 5.69 Å². The molecule has 0 bridgehead atoms. The van der Waals surface area contributed by atoms with Gasteiger partial charge in [0.05, 0.1) is 21.9 Å². The lowest BCUT2D eigenvalue weighted by atomic mass is 10.1. The van der Waals surface area contributed by atoms with E-state index in [2.05, 4.69) is 10.4 Å². The molecule has 1 aliphatic carbocycles. The van der Waals surface area contributed by atoms with Crippen LogP contribution in [0.15, 0.2) is 30.5 Å². The molecular formula is C14H16N4O2. The minimum Gasteiger partial charge on any atom is -0.308 e. The van der Waals surface area contributed by atoms with Crippen molar-refractivity contribution in [3.63, 3.8) is 0 Å². The number of hydrogen-bond acceptors (Lipinski definition) is 4. The second kappa shape index (κ2) is 5.05. The van der Waals surface area contributed by atoms with Crippen LogP contribution in [0.5, 0.6) is 0 Å². The molecule has 0 saturated heterocycles. The fraction of sp³-hybridized carbons (Fsp3) is 0.357. The molecular weight excluding hydrogens is 256 g/mol. The zero-order valence-corrected chi connectivity index (χ0v) is 11.2. The highest BCUT2D eigenvalue weighted by atomic mass is 16.6. The maximum atomic E-state index is 11.0. The number of nitro groups is 1. The predicted molar refractivity (Wildman–Crippen MR) is 74.8 cm³/mol. The van der Waals surface area contributed by atoms with E-state index >= 15 is 0 Å². The number of nitrogens with one attached hydrogen (secondary N) is 1. The number of nitro benzene ring substituents is 1. The van der Waals surface area contributed by atoms with Crippen LogP contribution in [0.2, 0.25) is 0 Å². The van der Waals surface area contributed by atoms with Gasteiger partial charge in [0.2, 0.25) is 0 Å². The van der Waals surface area contributed by atoms with Gasteiger partial charge in [-0.05, 0) is 31.9 Å². The molecule has 1 aromatic heterocycles. The summed E-state index contributed by atoms with van der Waals surface area (Å²) in [4.78, 5) is 10.6. The standard InChI is InChI=1S/C14H16N4O2/c1-10-13(3-2-4-14(10)18(19)20)17-8-7-12(16-17)9-15-11-5-6-11/h2-4,7-8,11,15H,5-6,9H2,1H3. The highest BCUT2D eigenvalue weighted by Gasteiger charge is 2.20. The summed E-state index contributed by atoms with van der Waals surface area (Å²) >= 11 is 0. The Morgan fingerprint density at radius 2 is 2.25 bits per heavy atom. The van der Waals surface area contributed by atoms with E-state index in [1.54, 1.807) is 17.7 Å². The Morgan fingerprint density at radius 3 is 2.95 bits per heavy atom. The first-order valence-corrected chi connectivity index (χ1v) is 6.67. The van der Waals surface area contributed by atoms with Gasteiger partial charge in [-0.15, -0.1) is 0 Å². The van der Waals surface area contributed by atoms with E-state index in [1.165, 1.54) is 18.9 Å². The molecule has 20 heavy (non-hydrogen) atoms. The van der Waals surface area contributed by atoms with E-state index in [0.717, 1.165) is 17.9 Å². The average Bonchev–Trinajstić information content (AvgIpc) is 3.14. The predicted octanol–water partition coefficient (Wildman–Crippen LogP) is 2.34. The van der Waals surface area contributed by atoms with Gasteiger partial charge in [-0.1, -0.05) is 6.07 Å². The molecule has 0 radical (unpaired) electrons. The van der Waals surface area contributed by atoms with Crippen LogP contribution in [-0.2, 0) is 6.54 Å². The molecule has 1 fully saturated rings. The van der Waals surface area contributed by atoms with Crippen molar-refractivity contribution in [3.05, 3.63) is 51.8 Å². The Balaban J connectivity index is 1.84. The van der Waals surface area contributed by atoms with E-state index in [0.29, 0.717) is 11.6 Å². The van der Waals surface area contributed by atoms with Crippen molar-refractivity contribution in [1.82, 2.24) is 15.1 Å². The lowest BCUT2D eigenvalue weighted by Crippen LogP contribution is -2.15. The number of benzene rings is 1. The smallest absolute Gasteiger partial charge is 0.274 e. The van der Waals surface area contributed by atoms with Crippen LogP contribution < -0.4 is 5.32 Å². The first-order valence-electron chi connectivity index (χ1n) is 6.67. The zero-order valence-electron chi connectivity index (χ0n) is 11.2. The first-order chi connectivity index (χ1) is 9.65. The van der Waals surface area contributed by atoms with Crippen LogP contribution >= 0.6 is 0 Å². The SMILES string of the molecule is Cc1c(-n2ccc(CNC3CC3)n2)cccc1[N+](=O)[O-]. The summed E-state index contributed by atoms with van der Waals surface area (Å²) in [5.41, 5.74) is 2.44. The number of rotatable bonds is 5. The summed E-state index contributed by atoms with van der Waals surface area (Å²) in [7, 11) is 0. The van der Waals surface area contributed by atoms with Gasteiger partial charge in [-0.3, -0.25) is 10.1 Å². The Morgan fingerprint density at radius 1 is 1.45 bits per heavy atom. The van der Waals surface area contributed by atoms with Crippen LogP contribution in [-0.4, -0.2) is 20.7 Å². The quantitative estimate of drug-likeness (QED) is 0.669. The van der Waals surface area contributed by atoms with Crippen LogP contribution in [0.25, 0.3) is 5.69 Å². The number of aromatic nitrogens is 2. The zero-order chi connectivity index (χ0) is 14.1. The number of hydrogen-bond donors (Lipinski definition) is 1. The summed E-state index contributed by atoms with van der Waals surface area (Å²) in [6, 6.07) is 7.61. The van der Waals surface area contributed by atoms with Gasteiger partial charge in [0.1, 0.15) is 0 Å². The largest absolute Gasteiger partial charge is 0.308 e. The molecule has 104 valence electrons. The van der Waals surface area contributed by atoms with Crippen LogP contribution in [0.4, 0.5) is 5.69 Å². The molecule has 0 aliphatic heterocycles. The summed E-state index contributed by atoms with van der Waals surface area (Å²) in [5, 5.41) is 18.8. The average molecular weight is 272 g/mol. The second-order valence-corrected chi connectivity index (χ2v) is 5.09. The van der Waals surface area contributed by atoms with Gasteiger partial charge in [-0.25, -0.2) is 4.68 Å². The summed E-state index contributed by atoms with van der Waals surface area (Å²) in [5.74, 6) is 0. The van der Waals surface area contributed by atoms with E-state index < -0.39 is 0 Å². The molecule has 0 spiro atoms. The van der Waals surface area contributed by atoms with Crippen molar-refractivity contribution in [2.75, 3.05) is 0 Å². The minimum absolute atomic E-state index is 0.121. The van der Waals surface area contributed by atoms with Crippen LogP contribution in [0.1, 0.15) is 24.1 Å². The van der Waals surface area contributed by atoms with E-state index in [-0.39, 0.29) is 10.6 Å². The Labute approximate surface area is 116 Å². The highest BCUT2D eigenvalue weighted by molar-refractivity contribution is 5.52. The Kier molecular flexibility index (Phi) is 3.23. The third kappa shape index (κ3) is 2.55. The molecule has 1 aromatic carbocycles. The summed E-state index contributed by atoms with van der Waals surface area (Å²) in [6.07, 6.45) is 4.32. The minimum atomic E-state index is -0.363. The van der Waals surface area contributed by atoms with Crippen molar-refractivity contribution in [1.29, 1.82) is 0 Å². The number of nitrogens with zero attached hydrogens (tertiary/aromatic N) is 3. The maximum Gasteiger partial charge on any atom is 0.274 e. The fourth-order valence-electron chi connectivity index (χ4n) is 2.18. The van der Waals surface area contributed by atoms with Gasteiger partial charge in [-0.2, -0.15) is 5.10 Å². The molecule has 1 N–H and O–H groups in total. The monoisotopic (exact) mass is 272 g/mol. The third-order valence-electron chi connectivity index (χ3n) is 3.51. The van der Waals surface area contributed by atoms with E-state index in [4.69, 9.17) is 0 Å². The molecule has 1 heterocycles. The van der Waals surface area contributed by atoms with Crippen molar-refractivity contribution in [2.24, 2.45) is 0 Å². The van der Waals surface area contributed by atoms with E-state index in [1.807, 2.05) is 18.3 Å². The third-order valence-corrected chi connectivity index (χ3v) is 3.51. The molecule has 0 unspecified atom stereocenters. The lowest BCUT2D eigenvalue weighted by Gasteiger charge is -2.06. The molecule has 2 aromatic rings. The molecule has 0 amide bonds. The van der Waals surface area contributed by atoms with Gasteiger partial charge < -0.3 is 5.32 Å². The molecule has 3 rings (SSSR count). The summed E-state index contributed by atoms with van der Waals surface area (Å²) < 4.78 is 1.70. The van der Waals surface area contributed by atoms with E-state index in [9.17, 15) is 10.1 Å². The first kappa shape index (κ1) is 12.8. The highest BCUT2D eigenvalue weighted by Crippen LogP contribution is 2.24. The van der Waals surface area contributed by atoms with Crippen LogP contribution in [0.3, 0.4) is 0 Å². The second-order valence-electron chi connectivity index (χ2n) is 5.09. The molecule has 6 nitrogen and oxygen atoms in total. The Bertz CT molecular complexity index is 646. The van der Waals surface area contributed by atoms with Crippen molar-refractivity contribution in [2.45, 2.75) is 32.4 Å². The van der Waals surface area contributed by atoms with Crippen molar-refractivity contribution >= 4 is 5.69 Å². The van der Waals surface area contributed by atoms with Crippen molar-refractivity contribution < 1.29 is 4.92 Å². The molecule has 1 saturated carbocycles. The van der Waals surface area contributed by atoms with Gasteiger partial charge in [0.25, 0.3) is 5.69 Å². The van der Waals surface area contributed by atoms with Gasteiger partial charge in [0.15, 0.2) is 0 Å². The molecule has 1 aliphatic rings. The molecule has 6 heteroatoms. The fourth-order valence-corrected chi connectivity index (χ4v) is 2.18. The van der Waals surface area contributed by atoms with Gasteiger partial charge >= 0.3 is 0 Å². The maximum absolute atomic E-state index is 11.0. The summed E-state index contributed by atoms with van der Waals surface area (Å²) in [6.45, 7) is 2.49. The normalized spacial score (nSPS) is 14.4.